The van der Waals surface area contributed by atoms with Gasteiger partial charge in [-0.05, 0) is 55.5 Å². The van der Waals surface area contributed by atoms with Crippen molar-refractivity contribution in [2.75, 3.05) is 6.61 Å². The summed E-state index contributed by atoms with van der Waals surface area (Å²) >= 11 is 0. The third kappa shape index (κ3) is 3.55. The summed E-state index contributed by atoms with van der Waals surface area (Å²) in [5.74, 6) is 0.213. The van der Waals surface area contributed by atoms with Crippen LogP contribution in [0, 0.1) is 13.8 Å². The van der Waals surface area contributed by atoms with Crippen molar-refractivity contribution in [3.63, 3.8) is 0 Å². The monoisotopic (exact) mass is 361 g/mol. The van der Waals surface area contributed by atoms with E-state index in [1.165, 1.54) is 5.56 Å². The molecular weight excluding hydrogens is 334 g/mol. The van der Waals surface area contributed by atoms with E-state index in [1.807, 2.05) is 44.2 Å². The first-order valence-corrected chi connectivity index (χ1v) is 9.50. The number of carbonyl (C=O) groups excluding carboxylic acids is 1. The van der Waals surface area contributed by atoms with Gasteiger partial charge in [0, 0.05) is 11.4 Å². The molecule has 0 bridgehead atoms. The van der Waals surface area contributed by atoms with Crippen molar-refractivity contribution in [3.8, 4) is 16.9 Å². The molecule has 0 saturated carbocycles. The second kappa shape index (κ2) is 7.83. The van der Waals surface area contributed by atoms with Crippen LogP contribution in [0.2, 0.25) is 0 Å². The fraction of sp³-hybridized carbons (Fsp3) is 0.292. The van der Waals surface area contributed by atoms with Crippen LogP contribution in [0.3, 0.4) is 0 Å². The second-order valence-corrected chi connectivity index (χ2v) is 7.10. The average molecular weight is 361 g/mol. The molecule has 0 aliphatic carbocycles. The molecule has 140 valence electrons. The van der Waals surface area contributed by atoms with Gasteiger partial charge in [0.25, 0.3) is 0 Å². The SMILES string of the molecule is CCOC(=O)c1c(C)c(C)n(-c2ccc(C(C)C)cc2)c1-c1ccccc1. The van der Waals surface area contributed by atoms with Crippen molar-refractivity contribution < 1.29 is 9.53 Å². The van der Waals surface area contributed by atoms with Crippen LogP contribution in [0.15, 0.2) is 54.6 Å². The van der Waals surface area contributed by atoms with Gasteiger partial charge in [-0.1, -0.05) is 56.3 Å². The van der Waals surface area contributed by atoms with Gasteiger partial charge in [-0.3, -0.25) is 0 Å². The van der Waals surface area contributed by atoms with Crippen LogP contribution in [0.1, 0.15) is 53.9 Å². The zero-order valence-electron chi connectivity index (χ0n) is 16.7. The molecule has 3 nitrogen and oxygen atoms in total. The third-order valence-electron chi connectivity index (χ3n) is 5.06. The van der Waals surface area contributed by atoms with Gasteiger partial charge < -0.3 is 9.30 Å². The molecule has 3 aromatic rings. The first-order valence-electron chi connectivity index (χ1n) is 9.50. The lowest BCUT2D eigenvalue weighted by atomic mass is 10.0. The Morgan fingerprint density at radius 2 is 1.63 bits per heavy atom. The fourth-order valence-corrected chi connectivity index (χ4v) is 3.46. The molecule has 0 spiro atoms. The van der Waals surface area contributed by atoms with E-state index in [0.717, 1.165) is 28.2 Å². The van der Waals surface area contributed by atoms with E-state index >= 15 is 0 Å². The van der Waals surface area contributed by atoms with Gasteiger partial charge in [-0.2, -0.15) is 0 Å². The highest BCUT2D eigenvalue weighted by molar-refractivity contribution is 5.99. The fourth-order valence-electron chi connectivity index (χ4n) is 3.46. The highest BCUT2D eigenvalue weighted by Gasteiger charge is 2.25. The molecule has 0 aliphatic rings. The molecule has 3 rings (SSSR count). The largest absolute Gasteiger partial charge is 0.462 e. The van der Waals surface area contributed by atoms with E-state index < -0.39 is 0 Å². The summed E-state index contributed by atoms with van der Waals surface area (Å²) in [6.45, 7) is 10.6. The van der Waals surface area contributed by atoms with Gasteiger partial charge in [0.1, 0.15) is 0 Å². The maximum Gasteiger partial charge on any atom is 0.340 e. The molecule has 0 N–H and O–H groups in total. The van der Waals surface area contributed by atoms with Crippen LogP contribution in [-0.2, 0) is 4.74 Å². The first kappa shape index (κ1) is 19.0. The zero-order chi connectivity index (χ0) is 19.6. The molecule has 2 aromatic carbocycles. The molecule has 0 radical (unpaired) electrons. The summed E-state index contributed by atoms with van der Waals surface area (Å²) in [5.41, 5.74) is 6.90. The summed E-state index contributed by atoms with van der Waals surface area (Å²) in [7, 11) is 0. The number of ether oxygens (including phenoxy) is 1. The lowest BCUT2D eigenvalue weighted by Crippen LogP contribution is -2.08. The number of aromatic nitrogens is 1. The predicted octanol–water partition coefficient (Wildman–Crippen LogP) is 6.06. The van der Waals surface area contributed by atoms with E-state index in [1.54, 1.807) is 0 Å². The van der Waals surface area contributed by atoms with Gasteiger partial charge in [-0.25, -0.2) is 4.79 Å². The van der Waals surface area contributed by atoms with Crippen LogP contribution >= 0.6 is 0 Å². The van der Waals surface area contributed by atoms with Crippen molar-refractivity contribution in [3.05, 3.63) is 77.0 Å². The molecule has 0 saturated heterocycles. The maximum absolute atomic E-state index is 12.8. The Bertz CT molecular complexity index is 935. The van der Waals surface area contributed by atoms with Crippen molar-refractivity contribution in [1.29, 1.82) is 0 Å². The Balaban J connectivity index is 2.27. The van der Waals surface area contributed by atoms with E-state index in [-0.39, 0.29) is 5.97 Å². The normalized spacial score (nSPS) is 11.0. The number of carbonyl (C=O) groups is 1. The van der Waals surface area contributed by atoms with E-state index in [2.05, 4.69) is 49.6 Å². The van der Waals surface area contributed by atoms with E-state index in [0.29, 0.717) is 18.1 Å². The summed E-state index contributed by atoms with van der Waals surface area (Å²) in [6, 6.07) is 18.6. The smallest absolute Gasteiger partial charge is 0.340 e. The topological polar surface area (TPSA) is 31.2 Å². The predicted molar refractivity (Wildman–Crippen MR) is 111 cm³/mol. The highest BCUT2D eigenvalue weighted by Crippen LogP contribution is 2.35. The van der Waals surface area contributed by atoms with Crippen molar-refractivity contribution in [1.82, 2.24) is 4.57 Å². The summed E-state index contributed by atoms with van der Waals surface area (Å²) in [4.78, 5) is 12.8. The highest BCUT2D eigenvalue weighted by atomic mass is 16.5. The molecule has 0 aliphatic heterocycles. The van der Waals surface area contributed by atoms with Gasteiger partial charge in [0.05, 0.1) is 17.9 Å². The summed E-state index contributed by atoms with van der Waals surface area (Å²) in [6.07, 6.45) is 0. The third-order valence-corrected chi connectivity index (χ3v) is 5.06. The minimum atomic E-state index is -0.269. The standard InChI is InChI=1S/C24H27NO2/c1-6-27-24(26)22-17(4)18(5)25(23(22)20-10-8-7-9-11-20)21-14-12-19(13-15-21)16(2)3/h7-16H,6H2,1-5H3. The van der Waals surface area contributed by atoms with Crippen LogP contribution in [0.25, 0.3) is 16.9 Å². The Morgan fingerprint density at radius 1 is 1.00 bits per heavy atom. The molecule has 0 amide bonds. The molecule has 1 heterocycles. The van der Waals surface area contributed by atoms with Gasteiger partial charge in [0.15, 0.2) is 0 Å². The van der Waals surface area contributed by atoms with Crippen LogP contribution in [-0.4, -0.2) is 17.1 Å². The molecular formula is C24H27NO2. The minimum Gasteiger partial charge on any atom is -0.462 e. The minimum absolute atomic E-state index is 0.269. The van der Waals surface area contributed by atoms with E-state index in [4.69, 9.17) is 4.74 Å². The Kier molecular flexibility index (Phi) is 5.50. The lowest BCUT2D eigenvalue weighted by molar-refractivity contribution is 0.0526. The number of nitrogens with zero attached hydrogens (tertiary/aromatic N) is 1. The lowest BCUT2D eigenvalue weighted by Gasteiger charge is -2.15. The Labute approximate surface area is 161 Å². The molecule has 0 fully saturated rings. The maximum atomic E-state index is 12.8. The number of benzene rings is 2. The second-order valence-electron chi connectivity index (χ2n) is 7.10. The Morgan fingerprint density at radius 3 is 2.19 bits per heavy atom. The quantitative estimate of drug-likeness (QED) is 0.517. The number of rotatable bonds is 5. The number of hydrogen-bond donors (Lipinski definition) is 0. The number of esters is 1. The molecule has 3 heteroatoms. The molecule has 0 unspecified atom stereocenters. The summed E-state index contributed by atoms with van der Waals surface area (Å²) in [5, 5.41) is 0. The first-order chi connectivity index (χ1) is 13.0. The van der Waals surface area contributed by atoms with Crippen LogP contribution in [0.5, 0.6) is 0 Å². The number of hydrogen-bond acceptors (Lipinski definition) is 2. The average Bonchev–Trinajstić information content (AvgIpc) is 2.94. The summed E-state index contributed by atoms with van der Waals surface area (Å²) < 4.78 is 7.54. The van der Waals surface area contributed by atoms with Crippen molar-refractivity contribution >= 4 is 5.97 Å². The molecule has 27 heavy (non-hydrogen) atoms. The van der Waals surface area contributed by atoms with Crippen molar-refractivity contribution in [2.24, 2.45) is 0 Å². The van der Waals surface area contributed by atoms with Crippen LogP contribution in [0.4, 0.5) is 0 Å². The molecule has 0 atom stereocenters. The van der Waals surface area contributed by atoms with Gasteiger partial charge in [0.2, 0.25) is 0 Å². The molecule has 1 aromatic heterocycles. The van der Waals surface area contributed by atoms with E-state index in [9.17, 15) is 4.79 Å². The van der Waals surface area contributed by atoms with Gasteiger partial charge >= 0.3 is 5.97 Å². The van der Waals surface area contributed by atoms with Gasteiger partial charge in [-0.15, -0.1) is 0 Å². The zero-order valence-corrected chi connectivity index (χ0v) is 16.7. The Hall–Kier alpha value is -2.81. The van der Waals surface area contributed by atoms with Crippen molar-refractivity contribution in [2.45, 2.75) is 40.5 Å². The van der Waals surface area contributed by atoms with Crippen LogP contribution < -0.4 is 0 Å².